The number of sulfonamides is 1. The maximum Gasteiger partial charge on any atom is 0.219 e. The number of benzene rings is 2. The second-order valence-electron chi connectivity index (χ2n) is 10.5. The van der Waals surface area contributed by atoms with Crippen molar-refractivity contribution < 1.29 is 21.6 Å². The third-order valence-electron chi connectivity index (χ3n) is 8.10. The molecule has 8 nitrogen and oxygen atoms in total. The third-order valence-corrected chi connectivity index (χ3v) is 9.82. The minimum absolute atomic E-state index is 0.0900. The van der Waals surface area contributed by atoms with Crippen LogP contribution in [0.4, 0.5) is 18.9 Å². The standard InChI is InChI=1S/C29H29F3N6O2S/c30-20-15-22(27(32)24(16-20)29(41(33,39)40)7-1-2-8-29)23-18-38(36-28(23)19-5-9-34-10-6-19)26-4-3-21(17-25(26)31)37-13-11-35-12-14-37/h3-6,9-10,15-18,35H,1-2,7-8,11-14H2,(H2,33,39,40). The van der Waals surface area contributed by atoms with Crippen LogP contribution in [-0.2, 0) is 14.8 Å². The van der Waals surface area contributed by atoms with Gasteiger partial charge in [-0.15, -0.1) is 0 Å². The number of primary sulfonamides is 1. The van der Waals surface area contributed by atoms with Crippen LogP contribution in [0.1, 0.15) is 31.2 Å². The van der Waals surface area contributed by atoms with Crippen molar-refractivity contribution in [1.82, 2.24) is 20.1 Å². The van der Waals surface area contributed by atoms with E-state index < -0.39 is 32.2 Å². The van der Waals surface area contributed by atoms with E-state index in [-0.39, 0.29) is 40.9 Å². The first-order chi connectivity index (χ1) is 19.7. The minimum atomic E-state index is -4.27. The molecule has 2 fully saturated rings. The number of nitrogens with one attached hydrogen (secondary N) is 1. The maximum absolute atomic E-state index is 16.4. The van der Waals surface area contributed by atoms with Crippen LogP contribution in [0, 0.1) is 17.5 Å². The summed E-state index contributed by atoms with van der Waals surface area (Å²) < 4.78 is 72.1. The van der Waals surface area contributed by atoms with E-state index in [0.717, 1.165) is 44.0 Å². The van der Waals surface area contributed by atoms with Gasteiger partial charge in [-0.2, -0.15) is 5.10 Å². The van der Waals surface area contributed by atoms with E-state index in [2.05, 4.69) is 20.3 Å². The highest BCUT2D eigenvalue weighted by atomic mass is 32.2. The monoisotopic (exact) mass is 582 g/mol. The first kappa shape index (κ1) is 27.4. The van der Waals surface area contributed by atoms with Gasteiger partial charge in [-0.25, -0.2) is 31.4 Å². The first-order valence-electron chi connectivity index (χ1n) is 13.5. The summed E-state index contributed by atoms with van der Waals surface area (Å²) in [6.45, 7) is 3.10. The van der Waals surface area contributed by atoms with Crippen LogP contribution in [0.2, 0.25) is 0 Å². The van der Waals surface area contributed by atoms with E-state index >= 15 is 13.2 Å². The molecule has 4 aromatic rings. The van der Waals surface area contributed by atoms with Crippen molar-refractivity contribution in [3.63, 3.8) is 0 Å². The van der Waals surface area contributed by atoms with Crippen molar-refractivity contribution in [3.8, 4) is 28.1 Å². The molecular formula is C29H29F3N6O2S. The van der Waals surface area contributed by atoms with Gasteiger partial charge in [0.1, 0.15) is 27.8 Å². The van der Waals surface area contributed by atoms with E-state index in [4.69, 9.17) is 5.14 Å². The Balaban J connectivity index is 1.51. The first-order valence-corrected chi connectivity index (χ1v) is 15.0. The lowest BCUT2D eigenvalue weighted by molar-refractivity contribution is 0.496. The molecule has 1 aliphatic carbocycles. The summed E-state index contributed by atoms with van der Waals surface area (Å²) in [6.07, 6.45) is 5.71. The molecule has 0 atom stereocenters. The minimum Gasteiger partial charge on any atom is -0.369 e. The van der Waals surface area contributed by atoms with Crippen LogP contribution in [0.3, 0.4) is 0 Å². The van der Waals surface area contributed by atoms with Crippen LogP contribution in [-0.4, -0.2) is 49.4 Å². The van der Waals surface area contributed by atoms with Crippen molar-refractivity contribution in [2.75, 3.05) is 31.1 Å². The Labute approximate surface area is 236 Å². The summed E-state index contributed by atoms with van der Waals surface area (Å²) in [4.78, 5) is 6.10. The molecule has 0 unspecified atom stereocenters. The number of piperazine rings is 1. The van der Waals surface area contributed by atoms with Gasteiger partial charge in [0.15, 0.2) is 5.82 Å². The molecule has 2 aliphatic rings. The fourth-order valence-corrected chi connectivity index (χ4v) is 7.30. The number of pyridine rings is 1. The molecule has 1 aliphatic heterocycles. The van der Waals surface area contributed by atoms with Gasteiger partial charge in [-0.05, 0) is 55.3 Å². The number of nitrogens with two attached hydrogens (primary N) is 1. The fraction of sp³-hybridized carbons (Fsp3) is 0.310. The number of hydrogen-bond donors (Lipinski definition) is 2. The molecule has 41 heavy (non-hydrogen) atoms. The molecule has 6 rings (SSSR count). The van der Waals surface area contributed by atoms with Crippen molar-refractivity contribution in [2.45, 2.75) is 30.4 Å². The quantitative estimate of drug-likeness (QED) is 0.347. The van der Waals surface area contributed by atoms with E-state index in [1.807, 2.05) is 0 Å². The molecule has 1 saturated heterocycles. The third kappa shape index (κ3) is 4.89. The Morgan fingerprint density at radius 1 is 0.927 bits per heavy atom. The number of halogens is 3. The Bertz CT molecular complexity index is 1700. The van der Waals surface area contributed by atoms with E-state index in [0.29, 0.717) is 18.4 Å². The highest BCUT2D eigenvalue weighted by molar-refractivity contribution is 7.90. The number of rotatable bonds is 6. The second kappa shape index (κ2) is 10.6. The average molecular weight is 583 g/mol. The number of aromatic nitrogens is 3. The molecule has 2 aromatic heterocycles. The van der Waals surface area contributed by atoms with Gasteiger partial charge < -0.3 is 10.2 Å². The molecular weight excluding hydrogens is 553 g/mol. The van der Waals surface area contributed by atoms with Gasteiger partial charge in [0.2, 0.25) is 10.0 Å². The summed E-state index contributed by atoms with van der Waals surface area (Å²) in [5.74, 6) is -2.24. The van der Waals surface area contributed by atoms with Crippen LogP contribution in [0.5, 0.6) is 0 Å². The number of nitrogens with zero attached hydrogens (tertiary/aromatic N) is 4. The van der Waals surface area contributed by atoms with Gasteiger partial charge >= 0.3 is 0 Å². The summed E-state index contributed by atoms with van der Waals surface area (Å²) in [7, 11) is -4.27. The number of hydrogen-bond acceptors (Lipinski definition) is 6. The summed E-state index contributed by atoms with van der Waals surface area (Å²) in [5, 5.41) is 13.5. The van der Waals surface area contributed by atoms with Crippen molar-refractivity contribution in [3.05, 3.63) is 84.1 Å². The Morgan fingerprint density at radius 3 is 2.29 bits per heavy atom. The van der Waals surface area contributed by atoms with Crippen LogP contribution in [0.25, 0.3) is 28.1 Å². The average Bonchev–Trinajstić information content (AvgIpc) is 3.64. The number of anilines is 1. The van der Waals surface area contributed by atoms with E-state index in [1.54, 1.807) is 24.3 Å². The molecule has 2 aromatic carbocycles. The maximum atomic E-state index is 16.4. The van der Waals surface area contributed by atoms with Gasteiger partial charge in [-0.1, -0.05) is 12.8 Å². The molecule has 0 amide bonds. The summed E-state index contributed by atoms with van der Waals surface area (Å²) in [5.41, 5.74) is 1.34. The predicted octanol–water partition coefficient (Wildman–Crippen LogP) is 4.49. The van der Waals surface area contributed by atoms with Gasteiger partial charge in [0, 0.05) is 72.7 Å². The summed E-state index contributed by atoms with van der Waals surface area (Å²) >= 11 is 0. The van der Waals surface area contributed by atoms with Crippen molar-refractivity contribution in [1.29, 1.82) is 0 Å². The SMILES string of the molecule is NS(=O)(=O)C1(c2cc(F)cc(-c3cn(-c4ccc(N5CCNCC5)cc4F)nc3-c3ccncc3)c2F)CCCC1. The van der Waals surface area contributed by atoms with Gasteiger partial charge in [-0.3, -0.25) is 4.98 Å². The smallest absolute Gasteiger partial charge is 0.219 e. The van der Waals surface area contributed by atoms with Crippen LogP contribution >= 0.6 is 0 Å². The molecule has 0 spiro atoms. The highest BCUT2D eigenvalue weighted by Crippen LogP contribution is 2.47. The van der Waals surface area contributed by atoms with Gasteiger partial charge in [0.05, 0.1) is 0 Å². The second-order valence-corrected chi connectivity index (χ2v) is 12.4. The predicted molar refractivity (Wildman–Crippen MR) is 150 cm³/mol. The summed E-state index contributed by atoms with van der Waals surface area (Å²) in [6, 6.07) is 10.1. The molecule has 12 heteroatoms. The molecule has 3 heterocycles. The molecule has 0 bridgehead atoms. The normalized spacial score (nSPS) is 17.2. The van der Waals surface area contributed by atoms with Crippen molar-refractivity contribution in [2.24, 2.45) is 5.14 Å². The zero-order chi connectivity index (χ0) is 28.8. The lowest BCUT2D eigenvalue weighted by atomic mass is 9.91. The zero-order valence-electron chi connectivity index (χ0n) is 22.2. The largest absolute Gasteiger partial charge is 0.369 e. The molecule has 3 N–H and O–H groups in total. The topological polar surface area (TPSA) is 106 Å². The van der Waals surface area contributed by atoms with Gasteiger partial charge in [0.25, 0.3) is 0 Å². The zero-order valence-corrected chi connectivity index (χ0v) is 23.0. The van der Waals surface area contributed by atoms with E-state index in [1.165, 1.54) is 29.3 Å². The molecule has 0 radical (unpaired) electrons. The fourth-order valence-electron chi connectivity index (χ4n) is 5.99. The van der Waals surface area contributed by atoms with Crippen LogP contribution < -0.4 is 15.4 Å². The van der Waals surface area contributed by atoms with Crippen LogP contribution in [0.15, 0.2) is 61.1 Å². The Hall–Kier alpha value is -3.74. The Kier molecular flexibility index (Phi) is 7.08. The molecule has 1 saturated carbocycles. The lowest BCUT2D eigenvalue weighted by Crippen LogP contribution is -2.43. The molecule has 214 valence electrons. The lowest BCUT2D eigenvalue weighted by Gasteiger charge is -2.29. The van der Waals surface area contributed by atoms with Crippen molar-refractivity contribution >= 4 is 15.7 Å². The Morgan fingerprint density at radius 2 is 1.63 bits per heavy atom. The highest BCUT2D eigenvalue weighted by Gasteiger charge is 2.48. The van der Waals surface area contributed by atoms with E-state index in [9.17, 15) is 8.42 Å².